The van der Waals surface area contributed by atoms with E-state index in [1.165, 1.54) is 0 Å². The number of alkyl halides is 3. The molecule has 0 aliphatic heterocycles. The van der Waals surface area contributed by atoms with E-state index >= 15 is 0 Å². The van der Waals surface area contributed by atoms with Gasteiger partial charge in [-0.25, -0.2) is 13.4 Å². The number of halogens is 4. The molecule has 0 amide bonds. The van der Waals surface area contributed by atoms with Gasteiger partial charge in [0.15, 0.2) is 5.03 Å². The average Bonchev–Trinajstić information content (AvgIpc) is 2.45. The minimum Gasteiger partial charge on any atom is -0.324 e. The average molecular weight is 291 g/mol. The molecule has 1 aromatic rings. The largest absolute Gasteiger partial charge is 0.406 e. The molecular formula is C8H10ClF3N2O2S. The van der Waals surface area contributed by atoms with E-state index in [-0.39, 0.29) is 12.2 Å². The zero-order valence-electron chi connectivity index (χ0n) is 8.83. The number of hydrogen-bond acceptors (Lipinski definition) is 3. The topological polar surface area (TPSA) is 52.0 Å². The molecule has 98 valence electrons. The molecule has 1 aromatic heterocycles. The Bertz CT molecular complexity index is 495. The summed E-state index contributed by atoms with van der Waals surface area (Å²) in [5.74, 6) is 0.0593. The van der Waals surface area contributed by atoms with E-state index in [4.69, 9.17) is 10.7 Å². The molecule has 0 saturated carbocycles. The molecule has 0 bridgehead atoms. The number of aromatic nitrogens is 2. The summed E-state index contributed by atoms with van der Waals surface area (Å²) < 4.78 is 59.4. The zero-order chi connectivity index (χ0) is 13.3. The Labute approximate surface area is 101 Å². The van der Waals surface area contributed by atoms with Gasteiger partial charge in [-0.3, -0.25) is 0 Å². The normalized spacial score (nSPS) is 13.0. The number of aryl methyl sites for hydroxylation is 1. The molecule has 0 aliphatic rings. The van der Waals surface area contributed by atoms with Crippen molar-refractivity contribution < 1.29 is 21.6 Å². The molecule has 0 saturated heterocycles. The molecule has 0 aromatic carbocycles. The first kappa shape index (κ1) is 14.3. The first-order valence-corrected chi connectivity index (χ1v) is 7.02. The lowest BCUT2D eigenvalue weighted by Gasteiger charge is -2.09. The van der Waals surface area contributed by atoms with Gasteiger partial charge in [0, 0.05) is 23.3 Å². The second-order valence-electron chi connectivity index (χ2n) is 3.43. The Morgan fingerprint density at radius 1 is 1.47 bits per heavy atom. The number of nitrogens with zero attached hydrogens (tertiary/aromatic N) is 2. The van der Waals surface area contributed by atoms with Crippen molar-refractivity contribution in [3.05, 3.63) is 12.0 Å². The van der Waals surface area contributed by atoms with E-state index in [0.29, 0.717) is 6.42 Å². The fourth-order valence-corrected chi connectivity index (χ4v) is 1.99. The summed E-state index contributed by atoms with van der Waals surface area (Å²) in [7, 11) is 0.925. The van der Waals surface area contributed by atoms with Crippen LogP contribution in [0, 0.1) is 0 Å². The van der Waals surface area contributed by atoms with Crippen LogP contribution in [0.5, 0.6) is 0 Å². The predicted molar refractivity (Wildman–Crippen MR) is 55.3 cm³/mol. The lowest BCUT2D eigenvalue weighted by molar-refractivity contribution is -0.141. The van der Waals surface area contributed by atoms with Crippen molar-refractivity contribution in [2.24, 2.45) is 0 Å². The van der Waals surface area contributed by atoms with Crippen LogP contribution >= 0.6 is 10.7 Å². The lowest BCUT2D eigenvalue weighted by Crippen LogP contribution is -2.18. The van der Waals surface area contributed by atoms with Crippen molar-refractivity contribution >= 4 is 19.7 Å². The number of hydrogen-bond donors (Lipinski definition) is 0. The number of rotatable bonds is 4. The Hall–Kier alpha value is -0.760. The molecule has 0 unspecified atom stereocenters. The van der Waals surface area contributed by atoms with Crippen LogP contribution in [0.2, 0.25) is 0 Å². The summed E-state index contributed by atoms with van der Waals surface area (Å²) in [6.07, 6.45) is -2.82. The first-order chi connectivity index (χ1) is 7.63. The molecule has 9 heteroatoms. The molecule has 0 radical (unpaired) electrons. The predicted octanol–water partition coefficient (Wildman–Crippen LogP) is 2.33. The van der Waals surface area contributed by atoms with Gasteiger partial charge in [0.2, 0.25) is 0 Å². The van der Waals surface area contributed by atoms with Crippen LogP contribution in [0.3, 0.4) is 0 Å². The zero-order valence-corrected chi connectivity index (χ0v) is 10.4. The first-order valence-electron chi connectivity index (χ1n) is 4.71. The third-order valence-electron chi connectivity index (χ3n) is 1.91. The van der Waals surface area contributed by atoms with Crippen LogP contribution in [0.1, 0.15) is 19.2 Å². The maximum atomic E-state index is 12.2. The number of imidazole rings is 1. The second-order valence-corrected chi connectivity index (χ2v) is 5.94. The van der Waals surface area contributed by atoms with E-state index in [1.54, 1.807) is 6.92 Å². The standard InChI is InChI=1S/C8H10ClF3N2O2S/c1-2-3-6-13-7(17(9,15)16)4-14(6)5-8(10,11)12/h4H,2-3,5H2,1H3. The highest BCUT2D eigenvalue weighted by molar-refractivity contribution is 8.13. The van der Waals surface area contributed by atoms with Crippen molar-refractivity contribution in [2.45, 2.75) is 37.5 Å². The van der Waals surface area contributed by atoms with E-state index in [1.807, 2.05) is 0 Å². The second kappa shape index (κ2) is 4.85. The highest BCUT2D eigenvalue weighted by Gasteiger charge is 2.30. The van der Waals surface area contributed by atoms with Crippen LogP contribution in [0.15, 0.2) is 11.2 Å². The summed E-state index contributed by atoms with van der Waals surface area (Å²) in [6.45, 7) is 0.475. The summed E-state index contributed by atoms with van der Waals surface area (Å²) in [4.78, 5) is 3.60. The van der Waals surface area contributed by atoms with Crippen molar-refractivity contribution in [1.82, 2.24) is 9.55 Å². The smallest absolute Gasteiger partial charge is 0.324 e. The highest BCUT2D eigenvalue weighted by Crippen LogP contribution is 2.22. The van der Waals surface area contributed by atoms with E-state index in [2.05, 4.69) is 4.98 Å². The molecule has 0 N–H and O–H groups in total. The van der Waals surface area contributed by atoms with Crippen LogP contribution in [-0.4, -0.2) is 24.1 Å². The van der Waals surface area contributed by atoms with Gasteiger partial charge in [-0.05, 0) is 6.42 Å². The maximum Gasteiger partial charge on any atom is 0.406 e. The molecular weight excluding hydrogens is 281 g/mol. The fraction of sp³-hybridized carbons (Fsp3) is 0.625. The van der Waals surface area contributed by atoms with Gasteiger partial charge in [-0.2, -0.15) is 13.2 Å². The Morgan fingerprint density at radius 2 is 2.06 bits per heavy atom. The molecule has 0 atom stereocenters. The van der Waals surface area contributed by atoms with Crippen molar-refractivity contribution in [2.75, 3.05) is 0 Å². The van der Waals surface area contributed by atoms with Gasteiger partial charge < -0.3 is 4.57 Å². The SMILES string of the molecule is CCCc1nc(S(=O)(=O)Cl)cn1CC(F)(F)F. The Morgan fingerprint density at radius 3 is 2.47 bits per heavy atom. The molecule has 0 spiro atoms. The Balaban J connectivity index is 3.14. The maximum absolute atomic E-state index is 12.2. The van der Waals surface area contributed by atoms with Crippen LogP contribution in [0.25, 0.3) is 0 Å². The van der Waals surface area contributed by atoms with Gasteiger partial charge in [0.05, 0.1) is 0 Å². The molecule has 1 heterocycles. The summed E-state index contributed by atoms with van der Waals surface area (Å²) >= 11 is 0. The van der Waals surface area contributed by atoms with E-state index in [0.717, 1.165) is 10.8 Å². The molecule has 0 fully saturated rings. The van der Waals surface area contributed by atoms with Crippen LogP contribution in [0.4, 0.5) is 13.2 Å². The van der Waals surface area contributed by atoms with Gasteiger partial charge in [0.25, 0.3) is 9.05 Å². The van der Waals surface area contributed by atoms with Crippen molar-refractivity contribution in [1.29, 1.82) is 0 Å². The van der Waals surface area contributed by atoms with Crippen LogP contribution < -0.4 is 0 Å². The monoisotopic (exact) mass is 290 g/mol. The third-order valence-corrected chi connectivity index (χ3v) is 3.08. The summed E-state index contributed by atoms with van der Waals surface area (Å²) in [5, 5.41) is -0.549. The van der Waals surface area contributed by atoms with Gasteiger partial charge in [0.1, 0.15) is 12.4 Å². The summed E-state index contributed by atoms with van der Waals surface area (Å²) in [5.41, 5.74) is 0. The summed E-state index contributed by atoms with van der Waals surface area (Å²) in [6, 6.07) is 0. The quantitative estimate of drug-likeness (QED) is 0.800. The molecule has 17 heavy (non-hydrogen) atoms. The molecule has 1 rings (SSSR count). The lowest BCUT2D eigenvalue weighted by atomic mass is 10.3. The van der Waals surface area contributed by atoms with Gasteiger partial charge in [-0.1, -0.05) is 6.92 Å². The fourth-order valence-electron chi connectivity index (χ4n) is 1.30. The van der Waals surface area contributed by atoms with Gasteiger partial charge in [-0.15, -0.1) is 0 Å². The van der Waals surface area contributed by atoms with E-state index in [9.17, 15) is 21.6 Å². The van der Waals surface area contributed by atoms with Crippen LogP contribution in [-0.2, 0) is 22.0 Å². The minimum absolute atomic E-state index is 0.0593. The molecule has 4 nitrogen and oxygen atoms in total. The highest BCUT2D eigenvalue weighted by atomic mass is 35.7. The van der Waals surface area contributed by atoms with E-state index < -0.39 is 26.8 Å². The van der Waals surface area contributed by atoms with Crippen molar-refractivity contribution in [3.63, 3.8) is 0 Å². The van der Waals surface area contributed by atoms with Gasteiger partial charge >= 0.3 is 6.18 Å². The Kier molecular flexibility index (Phi) is 4.08. The third kappa shape index (κ3) is 4.19. The molecule has 0 aliphatic carbocycles. The van der Waals surface area contributed by atoms with Crippen molar-refractivity contribution in [3.8, 4) is 0 Å². The minimum atomic E-state index is -4.43.